The highest BCUT2D eigenvalue weighted by molar-refractivity contribution is 6.32. The van der Waals surface area contributed by atoms with Crippen molar-refractivity contribution in [1.29, 1.82) is 0 Å². The molecule has 1 atom stereocenters. The third kappa shape index (κ3) is 13.0. The number of ether oxygens (including phenoxy) is 1. The molecule has 2 heterocycles. The molecular formula is C38H61N11O3. The molecule has 2 saturated carbocycles. The van der Waals surface area contributed by atoms with Crippen molar-refractivity contribution in [2.24, 2.45) is 21.7 Å². The molecule has 14 nitrogen and oxygen atoms in total. The molecule has 286 valence electrons. The molecule has 14 heteroatoms. The Morgan fingerprint density at radius 1 is 0.942 bits per heavy atom. The van der Waals surface area contributed by atoms with Gasteiger partial charge in [0.25, 0.3) is 0 Å². The number of nitrogens with two attached hydrogens (primary N) is 2. The highest BCUT2D eigenvalue weighted by Crippen LogP contribution is 2.25. The average molecular weight is 720 g/mol. The second-order valence-electron chi connectivity index (χ2n) is 14.5. The Labute approximate surface area is 308 Å². The lowest BCUT2D eigenvalue weighted by molar-refractivity contribution is -0.150. The van der Waals surface area contributed by atoms with Crippen LogP contribution in [0.3, 0.4) is 0 Å². The Balaban J connectivity index is 1.00. The van der Waals surface area contributed by atoms with Gasteiger partial charge in [-0.2, -0.15) is 10.1 Å². The van der Waals surface area contributed by atoms with Crippen LogP contribution in [0.5, 0.6) is 0 Å². The van der Waals surface area contributed by atoms with E-state index in [0.717, 1.165) is 93.8 Å². The number of hydrogen-bond acceptors (Lipinski definition) is 13. The molecule has 2 aromatic rings. The largest absolute Gasteiger partial charge is 0.461 e. The number of nitrogens with one attached hydrogen (secondary N) is 4. The minimum Gasteiger partial charge on any atom is -0.461 e. The average Bonchev–Trinajstić information content (AvgIpc) is 3.69. The number of hydrazone groups is 1. The number of aromatic nitrogens is 2. The summed E-state index contributed by atoms with van der Waals surface area (Å²) < 4.78 is 5.51. The van der Waals surface area contributed by atoms with Crippen molar-refractivity contribution >= 4 is 46.5 Å². The number of likely N-dealkylation sites (tertiary alicyclic amines) is 1. The Morgan fingerprint density at radius 2 is 1.69 bits per heavy atom. The van der Waals surface area contributed by atoms with Gasteiger partial charge < -0.3 is 42.5 Å². The van der Waals surface area contributed by atoms with Gasteiger partial charge in [0.15, 0.2) is 0 Å². The van der Waals surface area contributed by atoms with Crippen LogP contribution in [0.4, 0.5) is 11.8 Å². The van der Waals surface area contributed by atoms with Crippen molar-refractivity contribution in [3.8, 4) is 0 Å². The van der Waals surface area contributed by atoms with Crippen LogP contribution in [0.1, 0.15) is 96.3 Å². The van der Waals surface area contributed by atoms with E-state index in [1.54, 1.807) is 6.21 Å². The molecule has 0 spiro atoms. The minimum atomic E-state index is -0.766. The van der Waals surface area contributed by atoms with Crippen LogP contribution in [0, 0.1) is 0 Å². The second-order valence-corrected chi connectivity index (χ2v) is 14.5. The van der Waals surface area contributed by atoms with Gasteiger partial charge >= 0.3 is 5.97 Å². The van der Waals surface area contributed by atoms with Gasteiger partial charge in [-0.15, -0.1) is 0 Å². The lowest BCUT2D eigenvalue weighted by atomic mass is 9.95. The predicted molar refractivity (Wildman–Crippen MR) is 209 cm³/mol. The number of piperidine rings is 1. The molecule has 8 N–H and O–H groups in total. The third-order valence-electron chi connectivity index (χ3n) is 10.4. The monoisotopic (exact) mass is 719 g/mol. The number of carbonyl (C=O) groups is 2. The van der Waals surface area contributed by atoms with Crippen molar-refractivity contribution in [1.82, 2.24) is 25.5 Å². The van der Waals surface area contributed by atoms with E-state index in [1.165, 1.54) is 32.1 Å². The predicted octanol–water partition coefficient (Wildman–Crippen LogP) is 3.72. The van der Waals surface area contributed by atoms with Gasteiger partial charge in [0, 0.05) is 49.7 Å². The number of amides is 1. The zero-order valence-corrected chi connectivity index (χ0v) is 30.9. The zero-order chi connectivity index (χ0) is 36.4. The van der Waals surface area contributed by atoms with E-state index in [9.17, 15) is 9.59 Å². The van der Waals surface area contributed by atoms with Crippen LogP contribution in [-0.4, -0.2) is 109 Å². The summed E-state index contributed by atoms with van der Waals surface area (Å²) in [5.41, 5.74) is 7.48. The first-order chi connectivity index (χ1) is 25.5. The Bertz CT molecular complexity index is 1450. The Kier molecular flexibility index (Phi) is 16.3. The molecule has 1 amide bonds. The van der Waals surface area contributed by atoms with Crippen LogP contribution in [0.2, 0.25) is 0 Å². The van der Waals surface area contributed by atoms with Crippen molar-refractivity contribution in [2.75, 3.05) is 56.4 Å². The molecule has 52 heavy (non-hydrogen) atoms. The SMILES string of the molecule is NN=C(C=NCCCNCCCNC1CCCCC1)CNc1nc(NC2CCN(C(=O)CCC(N)C(=O)OC3CCCC3)CC2)c2ccccc2n1. The molecule has 3 fully saturated rings. The number of aliphatic imine (C=N–C) groups is 1. The number of nitrogens with zero attached hydrogens (tertiary/aromatic N) is 5. The number of esters is 1. The summed E-state index contributed by atoms with van der Waals surface area (Å²) >= 11 is 0. The maximum atomic E-state index is 12.9. The van der Waals surface area contributed by atoms with Crippen LogP contribution >= 0.6 is 0 Å². The lowest BCUT2D eigenvalue weighted by Gasteiger charge is -2.33. The normalized spacial score (nSPS) is 18.6. The van der Waals surface area contributed by atoms with Gasteiger partial charge in [0.2, 0.25) is 11.9 Å². The summed E-state index contributed by atoms with van der Waals surface area (Å²) in [6.07, 6.45) is 16.6. The molecule has 1 aromatic carbocycles. The topological polar surface area (TPSA) is 197 Å². The standard InChI is InChI=1S/C38H61N11O3/c39-33(37(51)52-31-12-4-5-13-31)16-17-35(50)49-24-18-29(19-25-49)45-36-32-14-6-7-15-34(32)46-38(47-36)44-27-30(48-40)26-42-22-8-20-41-21-9-23-43-28-10-2-1-3-11-28/h6-7,14-15,26,28-29,31,33,41,43H,1-5,8-13,16-25,27,39-40H2,(H2,44,45,46,47). The summed E-state index contributed by atoms with van der Waals surface area (Å²) in [5, 5.41) is 18.9. The fourth-order valence-electron chi connectivity index (χ4n) is 7.26. The quantitative estimate of drug-likeness (QED) is 0.0384. The van der Waals surface area contributed by atoms with Crippen LogP contribution in [0.15, 0.2) is 34.4 Å². The van der Waals surface area contributed by atoms with E-state index in [-0.39, 0.29) is 24.5 Å². The van der Waals surface area contributed by atoms with Gasteiger partial charge in [0.05, 0.1) is 17.8 Å². The summed E-state index contributed by atoms with van der Waals surface area (Å²) in [6, 6.07) is 7.99. The van der Waals surface area contributed by atoms with E-state index < -0.39 is 12.0 Å². The second kappa shape index (κ2) is 21.6. The third-order valence-corrected chi connectivity index (χ3v) is 10.4. The maximum absolute atomic E-state index is 12.9. The molecule has 1 aliphatic heterocycles. The van der Waals surface area contributed by atoms with Gasteiger partial charge in [-0.1, -0.05) is 31.4 Å². The van der Waals surface area contributed by atoms with E-state index in [1.807, 2.05) is 29.2 Å². The summed E-state index contributed by atoms with van der Waals surface area (Å²) in [7, 11) is 0. The summed E-state index contributed by atoms with van der Waals surface area (Å²) in [5.74, 6) is 6.51. The maximum Gasteiger partial charge on any atom is 0.323 e. The first-order valence-corrected chi connectivity index (χ1v) is 19.7. The van der Waals surface area contributed by atoms with Crippen LogP contribution in [-0.2, 0) is 14.3 Å². The van der Waals surface area contributed by atoms with E-state index in [4.69, 9.17) is 26.3 Å². The van der Waals surface area contributed by atoms with Crippen LogP contribution in [0.25, 0.3) is 10.9 Å². The number of carbonyl (C=O) groups excluding carboxylic acids is 2. The van der Waals surface area contributed by atoms with Gasteiger partial charge in [-0.3, -0.25) is 14.6 Å². The number of rotatable bonds is 20. The highest BCUT2D eigenvalue weighted by Gasteiger charge is 2.27. The number of anilines is 2. The Morgan fingerprint density at radius 3 is 2.48 bits per heavy atom. The number of fused-ring (bicyclic) bond motifs is 1. The lowest BCUT2D eigenvalue weighted by Crippen LogP contribution is -2.43. The number of benzene rings is 1. The minimum absolute atomic E-state index is 0.0205. The molecular weight excluding hydrogens is 658 g/mol. The highest BCUT2D eigenvalue weighted by atomic mass is 16.5. The molecule has 0 radical (unpaired) electrons. The fourth-order valence-corrected chi connectivity index (χ4v) is 7.26. The van der Waals surface area contributed by atoms with Gasteiger partial charge in [-0.05, 0) is 102 Å². The molecule has 1 unspecified atom stereocenters. The first-order valence-electron chi connectivity index (χ1n) is 19.7. The van der Waals surface area contributed by atoms with Crippen molar-refractivity contribution in [3.05, 3.63) is 24.3 Å². The van der Waals surface area contributed by atoms with Crippen molar-refractivity contribution in [2.45, 2.75) is 121 Å². The molecule has 2 aliphatic carbocycles. The molecule has 3 aliphatic rings. The molecule has 1 saturated heterocycles. The van der Waals surface area contributed by atoms with Crippen LogP contribution < -0.4 is 32.8 Å². The van der Waals surface area contributed by atoms with E-state index in [2.05, 4.69) is 31.4 Å². The van der Waals surface area contributed by atoms with Gasteiger partial charge in [-0.25, -0.2) is 4.98 Å². The first kappa shape index (κ1) is 39.3. The molecule has 0 bridgehead atoms. The fraction of sp³-hybridized carbons (Fsp3) is 0.684. The number of hydrogen-bond donors (Lipinski definition) is 6. The van der Waals surface area contributed by atoms with Crippen molar-refractivity contribution < 1.29 is 14.3 Å². The summed E-state index contributed by atoms with van der Waals surface area (Å²) in [4.78, 5) is 41.2. The molecule has 5 rings (SSSR count). The summed E-state index contributed by atoms with van der Waals surface area (Å²) in [6.45, 7) is 5.30. The van der Waals surface area contributed by atoms with E-state index in [0.29, 0.717) is 44.3 Å². The van der Waals surface area contributed by atoms with Crippen molar-refractivity contribution in [3.63, 3.8) is 0 Å². The van der Waals surface area contributed by atoms with Gasteiger partial charge in [0.1, 0.15) is 18.0 Å². The number of para-hydroxylation sites is 1. The Hall–Kier alpha value is -3.88. The smallest absolute Gasteiger partial charge is 0.323 e. The zero-order valence-electron chi connectivity index (χ0n) is 30.9. The van der Waals surface area contributed by atoms with E-state index >= 15 is 0 Å². The molecule has 1 aromatic heterocycles.